The minimum absolute atomic E-state index is 0.139. The largest absolute Gasteiger partial charge is 0.487 e. The van der Waals surface area contributed by atoms with Gasteiger partial charge >= 0.3 is 0 Å². The molecule has 2 aromatic rings. The molecule has 1 saturated carbocycles. The summed E-state index contributed by atoms with van der Waals surface area (Å²) in [5.74, 6) is 0.956. The molecule has 112 valence electrons. The van der Waals surface area contributed by atoms with Crippen molar-refractivity contribution in [2.45, 2.75) is 38.5 Å². The molecule has 2 aromatic carbocycles. The Kier molecular flexibility index (Phi) is 4.42. The topological polar surface area (TPSA) is 30.5 Å². The quantitative estimate of drug-likeness (QED) is 0.882. The molecule has 0 amide bonds. The summed E-state index contributed by atoms with van der Waals surface area (Å²) >= 11 is 0. The van der Waals surface area contributed by atoms with Crippen molar-refractivity contribution in [2.75, 3.05) is 13.2 Å². The Bertz CT molecular complexity index is 593. The number of hydrogen-bond acceptors (Lipinski definition) is 3. The molecule has 1 N–H and O–H groups in total. The maximum Gasteiger partial charge on any atom is 0.128 e. The van der Waals surface area contributed by atoms with Crippen molar-refractivity contribution >= 4 is 10.8 Å². The van der Waals surface area contributed by atoms with E-state index in [2.05, 4.69) is 42.6 Å². The molecule has 0 saturated heterocycles. The van der Waals surface area contributed by atoms with E-state index in [0.29, 0.717) is 6.04 Å². The second kappa shape index (κ2) is 6.46. The number of benzene rings is 2. The number of fused-ring (bicyclic) bond motifs is 1. The van der Waals surface area contributed by atoms with Crippen molar-refractivity contribution in [2.24, 2.45) is 0 Å². The van der Waals surface area contributed by atoms with Crippen LogP contribution in [0.3, 0.4) is 0 Å². The predicted octanol–water partition coefficient (Wildman–Crippen LogP) is 3.37. The molecule has 3 atom stereocenters. The summed E-state index contributed by atoms with van der Waals surface area (Å²) in [6.45, 7) is 5.86. The number of hydrogen-bond donors (Lipinski definition) is 1. The van der Waals surface area contributed by atoms with Crippen molar-refractivity contribution < 1.29 is 9.47 Å². The molecule has 0 bridgehead atoms. The van der Waals surface area contributed by atoms with Gasteiger partial charge in [0.2, 0.25) is 0 Å². The number of nitrogens with one attached hydrogen (secondary N) is 1. The maximum absolute atomic E-state index is 6.24. The van der Waals surface area contributed by atoms with Crippen LogP contribution < -0.4 is 10.1 Å². The summed E-state index contributed by atoms with van der Waals surface area (Å²) in [6.07, 6.45) is 1.29. The lowest BCUT2D eigenvalue weighted by atomic mass is 9.85. The molecule has 1 aliphatic carbocycles. The molecule has 3 rings (SSSR count). The van der Waals surface area contributed by atoms with Crippen LogP contribution in [0, 0.1) is 0 Å². The third-order valence-electron chi connectivity index (χ3n) is 4.10. The van der Waals surface area contributed by atoms with E-state index in [4.69, 9.17) is 9.47 Å². The molecule has 3 nitrogen and oxygen atoms in total. The average molecular weight is 285 g/mol. The van der Waals surface area contributed by atoms with Gasteiger partial charge in [-0.05, 0) is 24.9 Å². The fourth-order valence-corrected chi connectivity index (χ4v) is 3.04. The Labute approximate surface area is 126 Å². The highest BCUT2D eigenvalue weighted by atomic mass is 16.5. The van der Waals surface area contributed by atoms with E-state index >= 15 is 0 Å². The first kappa shape index (κ1) is 14.4. The zero-order chi connectivity index (χ0) is 14.7. The third kappa shape index (κ3) is 2.89. The molecule has 1 aliphatic rings. The van der Waals surface area contributed by atoms with Crippen LogP contribution in [0.5, 0.6) is 5.75 Å². The second-order valence-electron chi connectivity index (χ2n) is 5.45. The van der Waals surface area contributed by atoms with Crippen LogP contribution in [-0.2, 0) is 4.74 Å². The van der Waals surface area contributed by atoms with Gasteiger partial charge in [-0.3, -0.25) is 0 Å². The Morgan fingerprint density at radius 1 is 1.10 bits per heavy atom. The van der Waals surface area contributed by atoms with Crippen LogP contribution in [0.15, 0.2) is 42.5 Å². The van der Waals surface area contributed by atoms with Crippen molar-refractivity contribution in [3.63, 3.8) is 0 Å². The summed E-state index contributed by atoms with van der Waals surface area (Å²) in [7, 11) is 0. The van der Waals surface area contributed by atoms with Crippen LogP contribution in [0.2, 0.25) is 0 Å². The smallest absolute Gasteiger partial charge is 0.128 e. The lowest BCUT2D eigenvalue weighted by Gasteiger charge is -2.44. The van der Waals surface area contributed by atoms with Crippen LogP contribution in [0.25, 0.3) is 10.8 Å². The number of rotatable bonds is 6. The van der Waals surface area contributed by atoms with E-state index < -0.39 is 0 Å². The summed E-state index contributed by atoms with van der Waals surface area (Å²) in [4.78, 5) is 0. The predicted molar refractivity (Wildman–Crippen MR) is 85.9 cm³/mol. The molecule has 0 aliphatic heterocycles. The minimum atomic E-state index is 0.139. The Balaban J connectivity index is 1.76. The molecular formula is C18H23NO2. The molecule has 1 fully saturated rings. The molecular weight excluding hydrogens is 262 g/mol. The van der Waals surface area contributed by atoms with E-state index in [1.807, 2.05) is 19.1 Å². The van der Waals surface area contributed by atoms with Gasteiger partial charge in [-0.15, -0.1) is 0 Å². The van der Waals surface area contributed by atoms with Crippen molar-refractivity contribution in [1.29, 1.82) is 0 Å². The zero-order valence-corrected chi connectivity index (χ0v) is 12.7. The Hall–Kier alpha value is -1.58. The fraction of sp³-hybridized carbons (Fsp3) is 0.444. The van der Waals surface area contributed by atoms with Crippen LogP contribution in [0.4, 0.5) is 0 Å². The van der Waals surface area contributed by atoms with Gasteiger partial charge in [0.05, 0.1) is 0 Å². The highest BCUT2D eigenvalue weighted by Gasteiger charge is 2.43. The van der Waals surface area contributed by atoms with Gasteiger partial charge in [-0.2, -0.15) is 0 Å². The zero-order valence-electron chi connectivity index (χ0n) is 12.7. The number of likely N-dealkylation sites (N-methyl/N-ethyl adjacent to an activating group) is 1. The first-order valence-electron chi connectivity index (χ1n) is 7.83. The summed E-state index contributed by atoms with van der Waals surface area (Å²) < 4.78 is 12.1. The normalized spacial score (nSPS) is 24.8. The van der Waals surface area contributed by atoms with Gasteiger partial charge in [0, 0.05) is 24.5 Å². The SMILES string of the molecule is CCNC1CC(Oc2cccc3ccccc23)C1OCC. The summed E-state index contributed by atoms with van der Waals surface area (Å²) in [6, 6.07) is 15.0. The van der Waals surface area contributed by atoms with E-state index in [9.17, 15) is 0 Å². The minimum Gasteiger partial charge on any atom is -0.487 e. The van der Waals surface area contributed by atoms with Crippen molar-refractivity contribution in [1.82, 2.24) is 5.32 Å². The lowest BCUT2D eigenvalue weighted by molar-refractivity contribution is -0.103. The highest BCUT2D eigenvalue weighted by Crippen LogP contribution is 2.32. The third-order valence-corrected chi connectivity index (χ3v) is 4.10. The summed E-state index contributed by atoms with van der Waals surface area (Å²) in [5.41, 5.74) is 0. The summed E-state index contributed by atoms with van der Waals surface area (Å²) in [5, 5.41) is 5.85. The van der Waals surface area contributed by atoms with Gasteiger partial charge in [0.1, 0.15) is 18.0 Å². The van der Waals surface area contributed by atoms with E-state index in [1.165, 1.54) is 10.8 Å². The second-order valence-corrected chi connectivity index (χ2v) is 5.45. The average Bonchev–Trinajstić information content (AvgIpc) is 2.52. The standard InChI is InChI=1S/C18H23NO2/c1-3-19-15-12-17(18(15)20-4-2)21-16-11-7-9-13-8-5-6-10-14(13)16/h5-11,15,17-19H,3-4,12H2,1-2H3. The highest BCUT2D eigenvalue weighted by molar-refractivity contribution is 5.88. The van der Waals surface area contributed by atoms with Crippen molar-refractivity contribution in [3.8, 4) is 5.75 Å². The first-order valence-corrected chi connectivity index (χ1v) is 7.83. The molecule has 0 spiro atoms. The Morgan fingerprint density at radius 3 is 2.71 bits per heavy atom. The van der Waals surface area contributed by atoms with Gasteiger partial charge in [-0.1, -0.05) is 43.3 Å². The first-order chi connectivity index (χ1) is 10.3. The van der Waals surface area contributed by atoms with Gasteiger partial charge in [0.25, 0.3) is 0 Å². The van der Waals surface area contributed by atoms with E-state index in [-0.39, 0.29) is 12.2 Å². The molecule has 0 radical (unpaired) electrons. The molecule has 0 aromatic heterocycles. The number of ether oxygens (including phenoxy) is 2. The van der Waals surface area contributed by atoms with Gasteiger partial charge in [-0.25, -0.2) is 0 Å². The Morgan fingerprint density at radius 2 is 1.90 bits per heavy atom. The van der Waals surface area contributed by atoms with Crippen molar-refractivity contribution in [3.05, 3.63) is 42.5 Å². The van der Waals surface area contributed by atoms with Crippen LogP contribution >= 0.6 is 0 Å². The van der Waals surface area contributed by atoms with Gasteiger partial charge < -0.3 is 14.8 Å². The van der Waals surface area contributed by atoms with E-state index in [0.717, 1.165) is 25.3 Å². The molecule has 3 heteroatoms. The van der Waals surface area contributed by atoms with Gasteiger partial charge in [0.15, 0.2) is 0 Å². The monoisotopic (exact) mass is 285 g/mol. The van der Waals surface area contributed by atoms with Crippen LogP contribution in [0.1, 0.15) is 20.3 Å². The van der Waals surface area contributed by atoms with E-state index in [1.54, 1.807) is 0 Å². The van der Waals surface area contributed by atoms with Crippen LogP contribution in [-0.4, -0.2) is 31.4 Å². The fourth-order valence-electron chi connectivity index (χ4n) is 3.04. The lowest BCUT2D eigenvalue weighted by Crippen LogP contribution is -2.61. The molecule has 3 unspecified atom stereocenters. The molecule has 0 heterocycles. The molecule has 21 heavy (non-hydrogen) atoms. The maximum atomic E-state index is 6.24.